The summed E-state index contributed by atoms with van der Waals surface area (Å²) >= 11 is 0. The molecule has 0 atom stereocenters. The standard InChI is InChI=1S/C11H22N2O2/c1-15-8-3-2-7-13-10(14)11(9-12)5-4-6-11/h2-9,12H2,1H3,(H,13,14). The molecule has 1 aliphatic carbocycles. The third-order valence-electron chi connectivity index (χ3n) is 3.24. The van der Waals surface area contributed by atoms with E-state index in [1.165, 1.54) is 0 Å². The summed E-state index contributed by atoms with van der Waals surface area (Å²) in [5.74, 6) is 0.147. The first kappa shape index (κ1) is 12.5. The van der Waals surface area contributed by atoms with Crippen LogP contribution in [0.3, 0.4) is 0 Å². The molecule has 1 fully saturated rings. The molecule has 0 aromatic rings. The van der Waals surface area contributed by atoms with E-state index in [0.29, 0.717) is 6.54 Å². The van der Waals surface area contributed by atoms with Gasteiger partial charge in [0.2, 0.25) is 5.91 Å². The molecule has 0 aromatic carbocycles. The summed E-state index contributed by atoms with van der Waals surface area (Å²) in [6, 6.07) is 0. The van der Waals surface area contributed by atoms with Gasteiger partial charge in [-0.05, 0) is 25.7 Å². The largest absolute Gasteiger partial charge is 0.385 e. The van der Waals surface area contributed by atoms with Gasteiger partial charge in [-0.2, -0.15) is 0 Å². The summed E-state index contributed by atoms with van der Waals surface area (Å²) < 4.78 is 4.94. The Kier molecular flexibility index (Phi) is 5.05. The van der Waals surface area contributed by atoms with Crippen LogP contribution in [0.25, 0.3) is 0 Å². The lowest BCUT2D eigenvalue weighted by Crippen LogP contribution is -2.50. The number of carbonyl (C=O) groups is 1. The van der Waals surface area contributed by atoms with Gasteiger partial charge in [-0.3, -0.25) is 4.79 Å². The summed E-state index contributed by atoms with van der Waals surface area (Å²) in [5, 5.41) is 2.96. The number of amides is 1. The Labute approximate surface area is 91.5 Å². The quantitative estimate of drug-likeness (QED) is 0.612. The highest BCUT2D eigenvalue weighted by Gasteiger charge is 2.42. The van der Waals surface area contributed by atoms with E-state index < -0.39 is 0 Å². The number of rotatable bonds is 7. The maximum atomic E-state index is 11.8. The minimum absolute atomic E-state index is 0.147. The average Bonchev–Trinajstić information content (AvgIpc) is 2.17. The van der Waals surface area contributed by atoms with Crippen LogP contribution in [-0.2, 0) is 9.53 Å². The zero-order valence-corrected chi connectivity index (χ0v) is 9.55. The van der Waals surface area contributed by atoms with E-state index in [0.717, 1.165) is 45.3 Å². The van der Waals surface area contributed by atoms with Gasteiger partial charge in [-0.1, -0.05) is 6.42 Å². The van der Waals surface area contributed by atoms with Crippen molar-refractivity contribution in [2.75, 3.05) is 26.8 Å². The average molecular weight is 214 g/mol. The maximum Gasteiger partial charge on any atom is 0.227 e. The molecule has 0 unspecified atom stereocenters. The van der Waals surface area contributed by atoms with E-state index in [1.54, 1.807) is 7.11 Å². The van der Waals surface area contributed by atoms with Crippen molar-refractivity contribution < 1.29 is 9.53 Å². The fraction of sp³-hybridized carbons (Fsp3) is 0.909. The van der Waals surface area contributed by atoms with E-state index in [1.807, 2.05) is 0 Å². The number of nitrogens with two attached hydrogens (primary N) is 1. The van der Waals surface area contributed by atoms with Crippen molar-refractivity contribution in [3.05, 3.63) is 0 Å². The molecule has 0 saturated heterocycles. The van der Waals surface area contributed by atoms with Crippen LogP contribution in [0, 0.1) is 5.41 Å². The Morgan fingerprint density at radius 3 is 2.67 bits per heavy atom. The molecule has 1 amide bonds. The van der Waals surface area contributed by atoms with Crippen LogP contribution in [-0.4, -0.2) is 32.7 Å². The topological polar surface area (TPSA) is 64.3 Å². The Morgan fingerprint density at radius 2 is 2.20 bits per heavy atom. The lowest BCUT2D eigenvalue weighted by molar-refractivity contribution is -0.135. The number of carbonyl (C=O) groups excluding carboxylic acids is 1. The number of unbranched alkanes of at least 4 members (excludes halogenated alkanes) is 1. The predicted molar refractivity (Wildman–Crippen MR) is 59.5 cm³/mol. The molecule has 0 radical (unpaired) electrons. The third-order valence-corrected chi connectivity index (χ3v) is 3.24. The lowest BCUT2D eigenvalue weighted by atomic mass is 9.68. The van der Waals surface area contributed by atoms with E-state index in [9.17, 15) is 4.79 Å². The second-order valence-corrected chi connectivity index (χ2v) is 4.29. The fourth-order valence-electron chi connectivity index (χ4n) is 1.89. The van der Waals surface area contributed by atoms with Gasteiger partial charge in [0.25, 0.3) is 0 Å². The number of nitrogens with one attached hydrogen (secondary N) is 1. The summed E-state index contributed by atoms with van der Waals surface area (Å²) in [4.78, 5) is 11.8. The molecule has 1 saturated carbocycles. The van der Waals surface area contributed by atoms with Gasteiger partial charge in [-0.25, -0.2) is 0 Å². The van der Waals surface area contributed by atoms with Crippen LogP contribution in [0.1, 0.15) is 32.1 Å². The smallest absolute Gasteiger partial charge is 0.227 e. The molecule has 4 nitrogen and oxygen atoms in total. The minimum atomic E-state index is -0.235. The van der Waals surface area contributed by atoms with Crippen molar-refractivity contribution in [3.8, 4) is 0 Å². The second kappa shape index (κ2) is 6.08. The fourth-order valence-corrected chi connectivity index (χ4v) is 1.89. The first-order valence-corrected chi connectivity index (χ1v) is 5.72. The molecule has 15 heavy (non-hydrogen) atoms. The molecule has 1 rings (SSSR count). The summed E-state index contributed by atoms with van der Waals surface area (Å²) in [5.41, 5.74) is 5.41. The van der Waals surface area contributed by atoms with Gasteiger partial charge in [-0.15, -0.1) is 0 Å². The van der Waals surface area contributed by atoms with Crippen LogP contribution in [0.4, 0.5) is 0 Å². The van der Waals surface area contributed by atoms with Crippen LogP contribution in [0.15, 0.2) is 0 Å². The Bertz CT molecular complexity index is 197. The molecule has 0 bridgehead atoms. The zero-order valence-electron chi connectivity index (χ0n) is 9.55. The van der Waals surface area contributed by atoms with Crippen molar-refractivity contribution in [2.24, 2.45) is 11.1 Å². The van der Waals surface area contributed by atoms with Crippen LogP contribution < -0.4 is 11.1 Å². The minimum Gasteiger partial charge on any atom is -0.385 e. The molecular weight excluding hydrogens is 192 g/mol. The number of methoxy groups -OCH3 is 1. The first-order valence-electron chi connectivity index (χ1n) is 5.72. The van der Waals surface area contributed by atoms with Crippen molar-refractivity contribution >= 4 is 5.91 Å². The highest BCUT2D eigenvalue weighted by Crippen LogP contribution is 2.39. The summed E-state index contributed by atoms with van der Waals surface area (Å²) in [6.07, 6.45) is 5.00. The first-order chi connectivity index (χ1) is 7.25. The molecule has 0 spiro atoms. The molecule has 0 aliphatic heterocycles. The summed E-state index contributed by atoms with van der Waals surface area (Å²) in [7, 11) is 1.69. The molecule has 0 aromatic heterocycles. The van der Waals surface area contributed by atoms with Crippen molar-refractivity contribution in [3.63, 3.8) is 0 Å². The maximum absolute atomic E-state index is 11.8. The number of hydrogen-bond donors (Lipinski definition) is 2. The van der Waals surface area contributed by atoms with E-state index in [4.69, 9.17) is 10.5 Å². The molecule has 88 valence electrons. The van der Waals surface area contributed by atoms with Gasteiger partial charge in [0, 0.05) is 26.8 Å². The van der Waals surface area contributed by atoms with Crippen molar-refractivity contribution in [2.45, 2.75) is 32.1 Å². The van der Waals surface area contributed by atoms with Crippen LogP contribution in [0.5, 0.6) is 0 Å². The third kappa shape index (κ3) is 3.18. The lowest BCUT2D eigenvalue weighted by Gasteiger charge is -2.39. The zero-order chi connectivity index (χ0) is 11.1. The number of ether oxygens (including phenoxy) is 1. The van der Waals surface area contributed by atoms with E-state index in [2.05, 4.69) is 5.32 Å². The van der Waals surface area contributed by atoms with Gasteiger partial charge in [0.15, 0.2) is 0 Å². The monoisotopic (exact) mass is 214 g/mol. The van der Waals surface area contributed by atoms with E-state index >= 15 is 0 Å². The highest BCUT2D eigenvalue weighted by molar-refractivity contribution is 5.83. The van der Waals surface area contributed by atoms with Crippen molar-refractivity contribution in [1.82, 2.24) is 5.32 Å². The van der Waals surface area contributed by atoms with E-state index in [-0.39, 0.29) is 11.3 Å². The Balaban J connectivity index is 2.12. The molecule has 3 N–H and O–H groups in total. The number of hydrogen-bond acceptors (Lipinski definition) is 3. The Morgan fingerprint density at radius 1 is 1.47 bits per heavy atom. The van der Waals surface area contributed by atoms with Gasteiger partial charge in [0.05, 0.1) is 5.41 Å². The molecular formula is C11H22N2O2. The molecule has 0 heterocycles. The Hall–Kier alpha value is -0.610. The van der Waals surface area contributed by atoms with Gasteiger partial charge < -0.3 is 15.8 Å². The van der Waals surface area contributed by atoms with Crippen LogP contribution in [0.2, 0.25) is 0 Å². The SMILES string of the molecule is COCCCCNC(=O)C1(CN)CCC1. The van der Waals surface area contributed by atoms with Crippen molar-refractivity contribution in [1.29, 1.82) is 0 Å². The van der Waals surface area contributed by atoms with Crippen LogP contribution >= 0.6 is 0 Å². The molecule has 4 heteroatoms. The predicted octanol–water partition coefficient (Wildman–Crippen LogP) is 0.658. The normalized spacial score (nSPS) is 18.3. The van der Waals surface area contributed by atoms with Gasteiger partial charge in [0.1, 0.15) is 0 Å². The highest BCUT2D eigenvalue weighted by atomic mass is 16.5. The van der Waals surface area contributed by atoms with Gasteiger partial charge >= 0.3 is 0 Å². The molecule has 1 aliphatic rings. The second-order valence-electron chi connectivity index (χ2n) is 4.29. The summed E-state index contributed by atoms with van der Waals surface area (Å²) in [6.45, 7) is 1.98.